The third-order valence-electron chi connectivity index (χ3n) is 5.57. The van der Waals surface area contributed by atoms with Gasteiger partial charge in [-0.25, -0.2) is 15.0 Å². The first-order chi connectivity index (χ1) is 17.4. The zero-order valence-corrected chi connectivity index (χ0v) is 21.6. The summed E-state index contributed by atoms with van der Waals surface area (Å²) >= 11 is 1.27. The summed E-state index contributed by atoms with van der Waals surface area (Å²) in [7, 11) is 2.11. The molecule has 1 aliphatic rings. The van der Waals surface area contributed by atoms with E-state index < -0.39 is 6.10 Å². The minimum Gasteiger partial charge on any atom is -0.383 e. The van der Waals surface area contributed by atoms with Gasteiger partial charge in [-0.05, 0) is 18.2 Å². The lowest BCUT2D eigenvalue weighted by Crippen LogP contribution is -2.44. The van der Waals surface area contributed by atoms with Crippen LogP contribution in [0.3, 0.4) is 0 Å². The summed E-state index contributed by atoms with van der Waals surface area (Å²) < 4.78 is 0. The third kappa shape index (κ3) is 6.86. The Kier molecular flexibility index (Phi) is 9.48. The Morgan fingerprint density at radius 3 is 2.47 bits per heavy atom. The largest absolute Gasteiger partial charge is 0.383 e. The summed E-state index contributed by atoms with van der Waals surface area (Å²) in [4.78, 5) is 18.8. The van der Waals surface area contributed by atoms with Gasteiger partial charge in [0, 0.05) is 38.7 Å². The van der Waals surface area contributed by atoms with Gasteiger partial charge in [-0.15, -0.1) is 0 Å². The number of aromatic nitrogens is 3. The molecule has 9 nitrogen and oxygen atoms in total. The number of hydrogen-bond donors (Lipinski definition) is 2. The number of aliphatic hydroxyl groups is 1. The van der Waals surface area contributed by atoms with Crippen molar-refractivity contribution >= 4 is 28.1 Å². The van der Waals surface area contributed by atoms with Crippen LogP contribution >= 0.6 is 11.3 Å². The molecule has 1 unspecified atom stereocenters. The van der Waals surface area contributed by atoms with E-state index in [9.17, 15) is 5.11 Å². The summed E-state index contributed by atoms with van der Waals surface area (Å²) in [5.41, 5.74) is 1.69. The quantitative estimate of drug-likeness (QED) is 0.461. The lowest BCUT2D eigenvalue weighted by molar-refractivity contribution is 0.221. The monoisotopic (exact) mass is 502 g/mol. The van der Waals surface area contributed by atoms with Crippen LogP contribution in [0.2, 0.25) is 0 Å². The highest BCUT2D eigenvalue weighted by molar-refractivity contribution is 7.16. The smallest absolute Gasteiger partial charge is 0.189 e. The van der Waals surface area contributed by atoms with Crippen molar-refractivity contribution < 1.29 is 5.11 Å². The summed E-state index contributed by atoms with van der Waals surface area (Å²) in [6, 6.07) is 13.2. The molecule has 3 heterocycles. The average molecular weight is 503 g/mol. The highest BCUT2D eigenvalue weighted by Gasteiger charge is 2.18. The van der Waals surface area contributed by atoms with E-state index in [1.807, 2.05) is 38.1 Å². The zero-order chi connectivity index (χ0) is 26.1. The van der Waals surface area contributed by atoms with Crippen LogP contribution in [-0.4, -0.2) is 58.2 Å². The fourth-order valence-electron chi connectivity index (χ4n) is 3.58. The molecule has 2 N–H and O–H groups in total. The first-order valence-corrected chi connectivity index (χ1v) is 12.6. The van der Waals surface area contributed by atoms with E-state index in [0.717, 1.165) is 37.6 Å². The number of nitrogens with zero attached hydrogens (tertiary/aromatic N) is 7. The number of nitrogens with one attached hydrogen (secondary N) is 1. The second-order valence-corrected chi connectivity index (χ2v) is 9.07. The van der Waals surface area contributed by atoms with Crippen LogP contribution in [0.15, 0.2) is 48.7 Å². The highest BCUT2D eigenvalue weighted by Crippen LogP contribution is 2.25. The van der Waals surface area contributed by atoms with Gasteiger partial charge in [0.1, 0.15) is 34.5 Å². The molecule has 1 aliphatic heterocycles. The summed E-state index contributed by atoms with van der Waals surface area (Å²) in [6.45, 7) is 11.2. The zero-order valence-electron chi connectivity index (χ0n) is 20.8. The number of anilines is 3. The van der Waals surface area contributed by atoms with Crippen molar-refractivity contribution in [1.82, 2.24) is 19.9 Å². The van der Waals surface area contributed by atoms with Crippen molar-refractivity contribution in [2.75, 3.05) is 43.4 Å². The lowest BCUT2D eigenvalue weighted by Gasteiger charge is -2.33. The van der Waals surface area contributed by atoms with Crippen molar-refractivity contribution in [2.24, 2.45) is 0 Å². The Hall–Kier alpha value is -3.83. The van der Waals surface area contributed by atoms with Gasteiger partial charge in [-0.2, -0.15) is 10.5 Å². The lowest BCUT2D eigenvalue weighted by atomic mass is 10.0. The SMILES string of the molecule is C=C(C#N)C(O)c1ccc(Cc2nc(Nc3ncc(C#N)s3)cc(N3CCN(C)CC3)n2)cc1.CC. The fourth-order valence-corrected chi connectivity index (χ4v) is 4.20. The molecule has 0 radical (unpaired) electrons. The van der Waals surface area contributed by atoms with Crippen LogP contribution < -0.4 is 10.2 Å². The van der Waals surface area contributed by atoms with Gasteiger partial charge in [0.05, 0.1) is 17.8 Å². The maximum Gasteiger partial charge on any atom is 0.189 e. The molecular formula is C26H30N8OS. The topological polar surface area (TPSA) is 125 Å². The van der Waals surface area contributed by atoms with Gasteiger partial charge in [-0.1, -0.05) is 56.0 Å². The second-order valence-electron chi connectivity index (χ2n) is 8.04. The molecule has 4 rings (SSSR count). The summed E-state index contributed by atoms with van der Waals surface area (Å²) in [5, 5.41) is 32.0. The first kappa shape index (κ1) is 26.8. The molecule has 10 heteroatoms. The molecule has 3 aromatic rings. The third-order valence-corrected chi connectivity index (χ3v) is 6.39. The van der Waals surface area contributed by atoms with Crippen LogP contribution in [0.4, 0.5) is 16.8 Å². The van der Waals surface area contributed by atoms with Gasteiger partial charge >= 0.3 is 0 Å². The van der Waals surface area contributed by atoms with Crippen molar-refractivity contribution in [2.45, 2.75) is 26.4 Å². The molecule has 1 fully saturated rings. The van der Waals surface area contributed by atoms with Crippen molar-refractivity contribution in [3.8, 4) is 12.1 Å². The van der Waals surface area contributed by atoms with E-state index in [4.69, 9.17) is 15.5 Å². The minimum absolute atomic E-state index is 0.105. The number of likely N-dealkylation sites (N-methyl/N-ethyl adjacent to an activating group) is 1. The molecule has 1 aromatic carbocycles. The fraction of sp³-hybridized carbons (Fsp3) is 0.346. The Morgan fingerprint density at radius 1 is 1.17 bits per heavy atom. The van der Waals surface area contributed by atoms with E-state index in [1.165, 1.54) is 17.5 Å². The Bertz CT molecular complexity index is 1250. The van der Waals surface area contributed by atoms with Gasteiger partial charge in [0.15, 0.2) is 5.13 Å². The standard InChI is InChI=1S/C24H24N8OS.C2H6/c1-16(13-25)23(33)18-5-3-17(4-6-18)11-20-28-21(30-24-27-15-19(14-26)34-24)12-22(29-20)32-9-7-31(2)8-10-32;1-2/h3-6,12,15,23,33H,1,7-11H2,2H3,(H,27,28,29,30);1-2H3. The molecule has 0 saturated carbocycles. The predicted molar refractivity (Wildman–Crippen MR) is 142 cm³/mol. The van der Waals surface area contributed by atoms with Gasteiger partial charge in [0.25, 0.3) is 0 Å². The first-order valence-electron chi connectivity index (χ1n) is 11.8. The number of hydrogen-bond acceptors (Lipinski definition) is 10. The number of piperazine rings is 1. The average Bonchev–Trinajstić information content (AvgIpc) is 3.37. The van der Waals surface area contributed by atoms with Gasteiger partial charge in [0.2, 0.25) is 0 Å². The highest BCUT2D eigenvalue weighted by atomic mass is 32.1. The number of thiazole rings is 1. The number of rotatable bonds is 7. The van der Waals surface area contributed by atoms with E-state index in [-0.39, 0.29) is 5.57 Å². The van der Waals surface area contributed by atoms with Crippen LogP contribution in [0.1, 0.15) is 41.8 Å². The van der Waals surface area contributed by atoms with Gasteiger partial charge < -0.3 is 20.2 Å². The van der Waals surface area contributed by atoms with Crippen LogP contribution in [0.25, 0.3) is 0 Å². The van der Waals surface area contributed by atoms with Crippen LogP contribution in [0, 0.1) is 22.7 Å². The summed E-state index contributed by atoms with van der Waals surface area (Å²) in [5.74, 6) is 2.11. The van der Waals surface area contributed by atoms with Crippen LogP contribution in [0.5, 0.6) is 0 Å². The van der Waals surface area contributed by atoms with Crippen LogP contribution in [-0.2, 0) is 6.42 Å². The van der Waals surface area contributed by atoms with Crippen molar-refractivity contribution in [1.29, 1.82) is 10.5 Å². The molecule has 0 bridgehead atoms. The molecule has 186 valence electrons. The van der Waals surface area contributed by atoms with E-state index in [1.54, 1.807) is 12.1 Å². The molecule has 0 spiro atoms. The molecular weight excluding hydrogens is 472 g/mol. The number of benzene rings is 1. The maximum atomic E-state index is 10.2. The predicted octanol–water partition coefficient (Wildman–Crippen LogP) is 4.03. The Morgan fingerprint density at radius 2 is 1.86 bits per heavy atom. The maximum absolute atomic E-state index is 10.2. The normalized spacial score (nSPS) is 14.1. The Labute approximate surface area is 216 Å². The van der Waals surface area contributed by atoms with E-state index in [0.29, 0.717) is 33.6 Å². The summed E-state index contributed by atoms with van der Waals surface area (Å²) in [6.07, 6.45) is 1.02. The molecule has 0 amide bonds. The van der Waals surface area contributed by atoms with E-state index >= 15 is 0 Å². The molecule has 2 aromatic heterocycles. The number of aliphatic hydroxyl groups excluding tert-OH is 1. The second kappa shape index (κ2) is 12.8. The number of nitriles is 2. The van der Waals surface area contributed by atoms with Crippen molar-refractivity contribution in [3.05, 3.63) is 70.5 Å². The molecule has 1 saturated heterocycles. The van der Waals surface area contributed by atoms with Crippen molar-refractivity contribution in [3.63, 3.8) is 0 Å². The molecule has 0 aliphatic carbocycles. The van der Waals surface area contributed by atoms with Gasteiger partial charge in [-0.3, -0.25) is 0 Å². The van der Waals surface area contributed by atoms with E-state index in [2.05, 4.69) is 44.8 Å². The Balaban J connectivity index is 0.00000176. The molecule has 36 heavy (non-hydrogen) atoms. The minimum atomic E-state index is -1.01. The molecule has 1 atom stereocenters.